The van der Waals surface area contributed by atoms with Crippen LogP contribution in [0.3, 0.4) is 0 Å². The number of nitrogens with zero attached hydrogens (tertiary/aromatic N) is 2. The lowest BCUT2D eigenvalue weighted by Gasteiger charge is -2.16. The Morgan fingerprint density at radius 1 is 1.53 bits per heavy atom. The van der Waals surface area contributed by atoms with Crippen LogP contribution in [0.25, 0.3) is 0 Å². The first-order valence-electron chi connectivity index (χ1n) is 6.29. The number of rotatable bonds is 6. The van der Waals surface area contributed by atoms with Gasteiger partial charge >= 0.3 is 0 Å². The van der Waals surface area contributed by atoms with Crippen LogP contribution in [0.1, 0.15) is 36.4 Å². The second kappa shape index (κ2) is 7.75. The summed E-state index contributed by atoms with van der Waals surface area (Å²) in [5.74, 6) is 6.80. The minimum absolute atomic E-state index is 0.0171. The molecule has 4 N–H and O–H groups in total. The number of hydrogen-bond acceptors (Lipinski definition) is 5. The Labute approximate surface area is 113 Å². The summed E-state index contributed by atoms with van der Waals surface area (Å²) >= 11 is 0. The highest BCUT2D eigenvalue weighted by atomic mass is 16.5. The molecule has 1 rings (SSSR count). The molecule has 0 aliphatic heterocycles. The molecule has 0 amide bonds. The molecule has 1 unspecified atom stereocenters. The molecular weight excluding hydrogens is 246 g/mol. The number of aromatic nitrogens is 1. The van der Waals surface area contributed by atoms with E-state index in [-0.39, 0.29) is 6.04 Å². The van der Waals surface area contributed by atoms with Crippen LogP contribution in [-0.2, 0) is 4.74 Å². The van der Waals surface area contributed by atoms with Crippen molar-refractivity contribution < 1.29 is 9.26 Å². The van der Waals surface area contributed by atoms with E-state index in [9.17, 15) is 0 Å². The normalized spacial score (nSPS) is 13.4. The van der Waals surface area contributed by atoms with Crippen LogP contribution in [-0.4, -0.2) is 31.4 Å². The molecule has 108 valence electrons. The van der Waals surface area contributed by atoms with Gasteiger partial charge in [-0.15, -0.1) is 0 Å². The Morgan fingerprint density at radius 2 is 2.26 bits per heavy atom. The van der Waals surface area contributed by atoms with Gasteiger partial charge in [0.1, 0.15) is 5.76 Å². The largest absolute Gasteiger partial charge is 0.385 e. The number of hydrazine groups is 1. The Hall–Kier alpha value is -1.60. The molecule has 1 heterocycles. The lowest BCUT2D eigenvalue weighted by molar-refractivity contribution is 0.197. The zero-order valence-corrected chi connectivity index (χ0v) is 12.0. The van der Waals surface area contributed by atoms with E-state index < -0.39 is 0 Å². The molecule has 0 bridgehead atoms. The molecule has 7 nitrogen and oxygen atoms in total. The number of methoxy groups -OCH3 is 1. The Bertz CT molecular complexity index is 397. The molecule has 1 atom stereocenters. The first-order valence-corrected chi connectivity index (χ1v) is 6.29. The average molecular weight is 269 g/mol. The minimum atomic E-state index is 0.0171. The number of nitrogens with one attached hydrogen (secondary N) is 2. The van der Waals surface area contributed by atoms with Crippen molar-refractivity contribution in [2.45, 2.75) is 33.2 Å². The molecule has 1 aromatic rings. The van der Waals surface area contributed by atoms with Gasteiger partial charge in [0.2, 0.25) is 5.96 Å². The number of aryl methyl sites for hydroxylation is 2. The quantitative estimate of drug-likeness (QED) is 0.232. The maximum absolute atomic E-state index is 5.45. The van der Waals surface area contributed by atoms with Crippen molar-refractivity contribution in [1.82, 2.24) is 15.9 Å². The van der Waals surface area contributed by atoms with Gasteiger partial charge in [-0.3, -0.25) is 10.4 Å². The third-order valence-corrected chi connectivity index (χ3v) is 2.79. The predicted molar refractivity (Wildman–Crippen MR) is 73.6 cm³/mol. The van der Waals surface area contributed by atoms with Crippen molar-refractivity contribution in [2.24, 2.45) is 10.8 Å². The fourth-order valence-electron chi connectivity index (χ4n) is 1.92. The van der Waals surface area contributed by atoms with Crippen LogP contribution in [0, 0.1) is 13.8 Å². The van der Waals surface area contributed by atoms with E-state index in [4.69, 9.17) is 15.1 Å². The number of nitrogens with two attached hydrogens (primary N) is 1. The van der Waals surface area contributed by atoms with E-state index in [2.05, 4.69) is 20.9 Å². The Kier molecular flexibility index (Phi) is 6.31. The summed E-state index contributed by atoms with van der Waals surface area (Å²) in [6.45, 7) is 7.14. The van der Waals surface area contributed by atoms with Crippen LogP contribution in [0.2, 0.25) is 0 Å². The van der Waals surface area contributed by atoms with Crippen LogP contribution < -0.4 is 16.6 Å². The third kappa shape index (κ3) is 4.53. The minimum Gasteiger partial charge on any atom is -0.385 e. The van der Waals surface area contributed by atoms with E-state index in [1.807, 2.05) is 20.8 Å². The van der Waals surface area contributed by atoms with Crippen LogP contribution in [0.5, 0.6) is 0 Å². The van der Waals surface area contributed by atoms with Gasteiger partial charge < -0.3 is 14.6 Å². The lowest BCUT2D eigenvalue weighted by Crippen LogP contribution is -2.43. The average Bonchev–Trinajstić information content (AvgIpc) is 2.72. The van der Waals surface area contributed by atoms with Gasteiger partial charge in [0.25, 0.3) is 0 Å². The van der Waals surface area contributed by atoms with Gasteiger partial charge in [0.15, 0.2) is 0 Å². The standard InChI is InChI=1S/C12H23N5O2/c1-8(11-9(2)17-19-10(11)3)15-12(16-13)14-6-5-7-18-4/h8H,5-7,13H2,1-4H3,(H2,14,15,16). The fraction of sp³-hybridized carbons (Fsp3) is 0.667. The summed E-state index contributed by atoms with van der Waals surface area (Å²) in [5, 5.41) is 7.13. The van der Waals surface area contributed by atoms with E-state index in [1.165, 1.54) is 0 Å². The molecular formula is C12H23N5O2. The molecule has 0 spiro atoms. The summed E-state index contributed by atoms with van der Waals surface area (Å²) in [6.07, 6.45) is 0.850. The predicted octanol–water partition coefficient (Wildman–Crippen LogP) is 0.798. The summed E-state index contributed by atoms with van der Waals surface area (Å²) in [4.78, 5) is 4.33. The number of aliphatic imine (C=N–C) groups is 1. The first kappa shape index (κ1) is 15.5. The van der Waals surface area contributed by atoms with Crippen molar-refractivity contribution in [3.8, 4) is 0 Å². The summed E-state index contributed by atoms with van der Waals surface area (Å²) in [5.41, 5.74) is 4.45. The third-order valence-electron chi connectivity index (χ3n) is 2.79. The van der Waals surface area contributed by atoms with Gasteiger partial charge in [0.05, 0.1) is 11.7 Å². The van der Waals surface area contributed by atoms with Gasteiger partial charge in [-0.2, -0.15) is 0 Å². The van der Waals surface area contributed by atoms with E-state index in [0.717, 1.165) is 23.4 Å². The zero-order valence-electron chi connectivity index (χ0n) is 12.0. The SMILES string of the molecule is COCCCN=C(NN)NC(C)c1c(C)noc1C. The molecule has 0 radical (unpaired) electrons. The van der Waals surface area contributed by atoms with Crippen LogP contribution in [0.15, 0.2) is 9.52 Å². The van der Waals surface area contributed by atoms with Gasteiger partial charge in [0, 0.05) is 25.8 Å². The molecule has 0 aliphatic rings. The second-order valence-electron chi connectivity index (χ2n) is 4.32. The van der Waals surface area contributed by atoms with Gasteiger partial charge in [-0.1, -0.05) is 5.16 Å². The number of ether oxygens (including phenoxy) is 1. The lowest BCUT2D eigenvalue weighted by atomic mass is 10.1. The highest BCUT2D eigenvalue weighted by molar-refractivity contribution is 5.79. The molecule has 19 heavy (non-hydrogen) atoms. The van der Waals surface area contributed by atoms with Crippen molar-refractivity contribution in [2.75, 3.05) is 20.3 Å². The van der Waals surface area contributed by atoms with E-state index >= 15 is 0 Å². The Balaban J connectivity index is 2.60. The zero-order chi connectivity index (χ0) is 14.3. The fourth-order valence-corrected chi connectivity index (χ4v) is 1.92. The van der Waals surface area contributed by atoms with Gasteiger partial charge in [-0.05, 0) is 27.2 Å². The molecule has 0 aromatic carbocycles. The van der Waals surface area contributed by atoms with Gasteiger partial charge in [-0.25, -0.2) is 5.84 Å². The summed E-state index contributed by atoms with van der Waals surface area (Å²) in [7, 11) is 1.67. The summed E-state index contributed by atoms with van der Waals surface area (Å²) < 4.78 is 10.1. The second-order valence-corrected chi connectivity index (χ2v) is 4.32. The Morgan fingerprint density at radius 3 is 2.79 bits per heavy atom. The highest BCUT2D eigenvalue weighted by Gasteiger charge is 2.17. The topological polar surface area (TPSA) is 97.7 Å². The highest BCUT2D eigenvalue weighted by Crippen LogP contribution is 2.20. The van der Waals surface area contributed by atoms with Crippen LogP contribution >= 0.6 is 0 Å². The van der Waals surface area contributed by atoms with Crippen molar-refractivity contribution >= 4 is 5.96 Å². The molecule has 1 aromatic heterocycles. The molecule has 0 fully saturated rings. The van der Waals surface area contributed by atoms with Crippen molar-refractivity contribution in [3.05, 3.63) is 17.0 Å². The monoisotopic (exact) mass is 269 g/mol. The number of hydrogen-bond donors (Lipinski definition) is 3. The van der Waals surface area contributed by atoms with E-state index in [1.54, 1.807) is 7.11 Å². The first-order chi connectivity index (χ1) is 9.10. The van der Waals surface area contributed by atoms with Crippen molar-refractivity contribution in [3.63, 3.8) is 0 Å². The molecule has 7 heteroatoms. The maximum Gasteiger partial charge on any atom is 0.206 e. The summed E-state index contributed by atoms with van der Waals surface area (Å²) in [6, 6.07) is 0.0171. The molecule has 0 saturated carbocycles. The smallest absolute Gasteiger partial charge is 0.206 e. The van der Waals surface area contributed by atoms with Crippen molar-refractivity contribution in [1.29, 1.82) is 0 Å². The van der Waals surface area contributed by atoms with Crippen LogP contribution in [0.4, 0.5) is 0 Å². The van der Waals surface area contributed by atoms with E-state index in [0.29, 0.717) is 19.1 Å². The molecule has 0 aliphatic carbocycles. The maximum atomic E-state index is 5.45. The molecule has 0 saturated heterocycles. The number of guanidine groups is 1.